The second kappa shape index (κ2) is 57.4. The number of amides is 1. The van der Waals surface area contributed by atoms with Crippen LogP contribution >= 0.6 is 7.82 Å². The van der Waals surface area contributed by atoms with Crippen LogP contribution in [0, 0.1) is 0 Å². The summed E-state index contributed by atoms with van der Waals surface area (Å²) in [5.74, 6) is -0.588. The molecule has 10 heteroatoms. The number of unbranched alkanes of at least 4 members (excludes halogenated alkanes) is 19. The van der Waals surface area contributed by atoms with Crippen LogP contribution in [0.2, 0.25) is 0 Å². The quantitative estimate of drug-likeness (QED) is 0.0205. The van der Waals surface area contributed by atoms with Gasteiger partial charge in [-0.25, -0.2) is 4.57 Å². The van der Waals surface area contributed by atoms with E-state index in [0.717, 1.165) is 122 Å². The highest BCUT2D eigenvalue weighted by atomic mass is 31.2. The molecule has 79 heavy (non-hydrogen) atoms. The minimum absolute atomic E-state index is 0.0205. The van der Waals surface area contributed by atoms with E-state index in [1.165, 1.54) is 70.6 Å². The Bertz CT molecular complexity index is 1810. The summed E-state index contributed by atoms with van der Waals surface area (Å²) in [6, 6.07) is -0.889. The zero-order chi connectivity index (χ0) is 57.9. The normalized spacial score (nSPS) is 14.6. The molecule has 0 aliphatic rings. The van der Waals surface area contributed by atoms with Gasteiger partial charge >= 0.3 is 13.8 Å². The van der Waals surface area contributed by atoms with Crippen molar-refractivity contribution in [2.24, 2.45) is 0 Å². The molecule has 0 aromatic carbocycles. The van der Waals surface area contributed by atoms with Gasteiger partial charge < -0.3 is 19.4 Å². The van der Waals surface area contributed by atoms with Gasteiger partial charge in [0.15, 0.2) is 0 Å². The van der Waals surface area contributed by atoms with Crippen LogP contribution in [0.4, 0.5) is 0 Å². The van der Waals surface area contributed by atoms with Gasteiger partial charge in [-0.1, -0.05) is 232 Å². The number of ether oxygens (including phenoxy) is 1. The third kappa shape index (κ3) is 58.6. The number of hydrogen-bond acceptors (Lipinski definition) is 6. The number of carbonyl (C=O) groups is 2. The second-order valence-electron chi connectivity index (χ2n) is 21.8. The van der Waals surface area contributed by atoms with Crippen molar-refractivity contribution in [3.8, 4) is 0 Å². The van der Waals surface area contributed by atoms with Crippen LogP contribution < -0.4 is 5.32 Å². The van der Waals surface area contributed by atoms with Gasteiger partial charge in [0.2, 0.25) is 5.91 Å². The fourth-order valence-electron chi connectivity index (χ4n) is 8.22. The smallest absolute Gasteiger partial charge is 0.456 e. The number of quaternary nitrogens is 1. The van der Waals surface area contributed by atoms with Gasteiger partial charge in [-0.15, -0.1) is 0 Å². The van der Waals surface area contributed by atoms with Crippen molar-refractivity contribution in [2.75, 3.05) is 40.9 Å². The minimum atomic E-state index is -4.48. The van der Waals surface area contributed by atoms with E-state index in [1.807, 2.05) is 33.3 Å². The molecule has 0 fully saturated rings. The Kier molecular flexibility index (Phi) is 54.6. The molecule has 1 amide bonds. The molecule has 3 atom stereocenters. The van der Waals surface area contributed by atoms with Crippen molar-refractivity contribution in [1.82, 2.24) is 5.32 Å². The number of likely N-dealkylation sites (N-methyl/N-ethyl adjacent to an activating group) is 1. The van der Waals surface area contributed by atoms with Gasteiger partial charge in [0, 0.05) is 12.8 Å². The van der Waals surface area contributed by atoms with Crippen molar-refractivity contribution in [1.29, 1.82) is 0 Å². The van der Waals surface area contributed by atoms with Crippen LogP contribution in [0.5, 0.6) is 0 Å². The molecule has 0 rings (SSSR count). The number of esters is 1. The van der Waals surface area contributed by atoms with E-state index in [1.54, 1.807) is 0 Å². The Morgan fingerprint density at radius 3 is 1.25 bits per heavy atom. The molecule has 3 unspecified atom stereocenters. The van der Waals surface area contributed by atoms with Crippen LogP contribution in [0.25, 0.3) is 0 Å². The van der Waals surface area contributed by atoms with Crippen LogP contribution in [0.1, 0.15) is 239 Å². The van der Waals surface area contributed by atoms with E-state index in [9.17, 15) is 19.0 Å². The van der Waals surface area contributed by atoms with E-state index in [0.29, 0.717) is 23.9 Å². The maximum absolute atomic E-state index is 13.5. The molecule has 0 saturated carbocycles. The number of phosphoric ester groups is 1. The van der Waals surface area contributed by atoms with E-state index in [2.05, 4.69) is 148 Å². The summed E-state index contributed by atoms with van der Waals surface area (Å²) in [7, 11) is 1.43. The number of carbonyl (C=O) groups excluding carboxylic acids is 2. The average Bonchev–Trinajstić information content (AvgIpc) is 3.41. The Hall–Kier alpha value is -3.85. The SMILES string of the molecule is CC/C=C\C/C=C\C/C=C\C/C=C\C/C=C\C/C=C\CCCCC(=O)NC(COP(=O)(O)OCC[N+](C)(C)C)C(/C=C/CCCCCCCCCCC)OC(=O)CCCCCCC/C=C\C/C=C\C/C=C\C/C=C\CCCCC. The Labute approximate surface area is 485 Å². The summed E-state index contributed by atoms with van der Waals surface area (Å²) >= 11 is 0. The van der Waals surface area contributed by atoms with Crippen molar-refractivity contribution in [2.45, 2.75) is 251 Å². The Balaban J connectivity index is 5.34. The third-order valence-corrected chi connectivity index (χ3v) is 14.1. The van der Waals surface area contributed by atoms with E-state index in [-0.39, 0.29) is 37.9 Å². The molecule has 0 aliphatic carbocycles. The molecule has 0 bridgehead atoms. The highest BCUT2D eigenvalue weighted by molar-refractivity contribution is 7.47. The number of phosphoric acid groups is 1. The van der Waals surface area contributed by atoms with Gasteiger partial charge in [0.05, 0.1) is 33.8 Å². The summed E-state index contributed by atoms with van der Waals surface area (Å²) in [4.78, 5) is 37.7. The summed E-state index contributed by atoms with van der Waals surface area (Å²) in [6.45, 7) is 6.80. The van der Waals surface area contributed by atoms with Gasteiger partial charge in [0.25, 0.3) is 0 Å². The lowest BCUT2D eigenvalue weighted by Crippen LogP contribution is -2.47. The fourth-order valence-corrected chi connectivity index (χ4v) is 8.95. The number of nitrogens with one attached hydrogen (secondary N) is 1. The van der Waals surface area contributed by atoms with Gasteiger partial charge in [-0.05, 0) is 128 Å². The monoisotopic (exact) mass is 1120 g/mol. The van der Waals surface area contributed by atoms with Crippen LogP contribution in [0.15, 0.2) is 134 Å². The van der Waals surface area contributed by atoms with E-state index in [4.69, 9.17) is 13.8 Å². The van der Waals surface area contributed by atoms with Crippen molar-refractivity contribution < 1.29 is 37.3 Å². The molecule has 0 spiro atoms. The molecular formula is C69H118N2O7P+. The molecule has 0 aliphatic heterocycles. The fraction of sp³-hybridized carbons (Fsp3) is 0.652. The number of hydrogen-bond donors (Lipinski definition) is 2. The summed E-state index contributed by atoms with van der Waals surface area (Å²) in [5.41, 5.74) is 0. The molecule has 450 valence electrons. The zero-order valence-electron chi connectivity index (χ0n) is 51.3. The molecule has 0 aromatic heterocycles. The topological polar surface area (TPSA) is 111 Å². The summed E-state index contributed by atoms with van der Waals surface area (Å²) < 4.78 is 30.6. The predicted molar refractivity (Wildman–Crippen MR) is 341 cm³/mol. The minimum Gasteiger partial charge on any atom is -0.456 e. The second-order valence-corrected chi connectivity index (χ2v) is 23.3. The van der Waals surface area contributed by atoms with Crippen molar-refractivity contribution in [3.05, 3.63) is 134 Å². The van der Waals surface area contributed by atoms with Crippen LogP contribution in [-0.2, 0) is 27.9 Å². The molecule has 9 nitrogen and oxygen atoms in total. The maximum atomic E-state index is 13.5. The standard InChI is InChI=1S/C69H117N2O7P/c1-7-10-13-16-19-22-25-27-29-31-33-35-37-39-41-43-46-49-52-55-58-61-68(72)70-66(65-77-79(74,75)76-64-63-71(4,5)6)67(60-57-54-51-48-45-24-21-18-15-12-9-3)78-69(73)62-59-56-53-50-47-44-42-40-38-36-34-32-30-28-26-23-20-17-14-11-8-2/h10,13,19-20,22-23,27-30,33-36,39-42,46,49,57,60,66-67H,7-9,11-12,14-18,21,24-26,31-32,37-38,43-45,47-48,50-56,58-59,61-65H2,1-6H3,(H-,70,72,74,75)/p+1/b13-10-,22-19-,23-20-,29-27-,30-28-,35-33-,36-34-,41-39-,42-40-,49-46-,60-57+. The number of nitrogens with zero attached hydrogens (tertiary/aromatic N) is 1. The van der Waals surface area contributed by atoms with Crippen LogP contribution in [-0.4, -0.2) is 74.3 Å². The highest BCUT2D eigenvalue weighted by Crippen LogP contribution is 2.43. The van der Waals surface area contributed by atoms with E-state index >= 15 is 0 Å². The van der Waals surface area contributed by atoms with Crippen molar-refractivity contribution >= 4 is 19.7 Å². The first-order valence-electron chi connectivity index (χ1n) is 31.5. The Morgan fingerprint density at radius 1 is 0.456 bits per heavy atom. The Morgan fingerprint density at radius 2 is 0.810 bits per heavy atom. The number of allylic oxidation sites excluding steroid dienone is 21. The lowest BCUT2D eigenvalue weighted by atomic mass is 10.1. The largest absolute Gasteiger partial charge is 0.472 e. The first kappa shape index (κ1) is 75.2. The average molecular weight is 1120 g/mol. The maximum Gasteiger partial charge on any atom is 0.472 e. The first-order chi connectivity index (χ1) is 38.4. The lowest BCUT2D eigenvalue weighted by Gasteiger charge is -2.27. The van der Waals surface area contributed by atoms with Gasteiger partial charge in [-0.3, -0.25) is 18.6 Å². The molecule has 0 aromatic rings. The highest BCUT2D eigenvalue weighted by Gasteiger charge is 2.30. The molecule has 2 N–H and O–H groups in total. The molecule has 0 heterocycles. The number of rotatable bonds is 55. The van der Waals surface area contributed by atoms with Gasteiger partial charge in [0.1, 0.15) is 19.3 Å². The first-order valence-corrected chi connectivity index (χ1v) is 33.0. The lowest BCUT2D eigenvalue weighted by molar-refractivity contribution is -0.870. The third-order valence-electron chi connectivity index (χ3n) is 13.1. The van der Waals surface area contributed by atoms with Crippen LogP contribution in [0.3, 0.4) is 0 Å². The summed E-state index contributed by atoms with van der Waals surface area (Å²) in [5, 5.41) is 3.02. The molecule has 0 saturated heterocycles. The summed E-state index contributed by atoms with van der Waals surface area (Å²) in [6.07, 6.45) is 81.7. The zero-order valence-corrected chi connectivity index (χ0v) is 52.2. The van der Waals surface area contributed by atoms with Crippen molar-refractivity contribution in [3.63, 3.8) is 0 Å². The van der Waals surface area contributed by atoms with E-state index < -0.39 is 20.0 Å². The predicted octanol–water partition coefficient (Wildman–Crippen LogP) is 19.7. The van der Waals surface area contributed by atoms with Gasteiger partial charge in [-0.2, -0.15) is 0 Å². The molecule has 0 radical (unpaired) electrons. The molecular weight excluding hydrogens is 1000 g/mol.